The van der Waals surface area contributed by atoms with Gasteiger partial charge >= 0.3 is 5.97 Å². The van der Waals surface area contributed by atoms with Gasteiger partial charge in [0.2, 0.25) is 0 Å². The maximum absolute atomic E-state index is 11.9. The Morgan fingerprint density at radius 2 is 0.860 bits per heavy atom. The number of unbranched alkanes of at least 4 members (excludes halogenated alkanes) is 21. The fourth-order valence-corrected chi connectivity index (χ4v) is 5.46. The number of hydrogen-bond acceptors (Lipinski definition) is 5. The van der Waals surface area contributed by atoms with Crippen LogP contribution in [-0.4, -0.2) is 45.2 Å². The SMILES string of the molecule is CCCCCCCCOC(=O)CCCCCCCNCCCCCC(OCCCCCCCC)OCCCCCCCC. The van der Waals surface area contributed by atoms with E-state index in [4.69, 9.17) is 14.2 Å². The molecule has 5 nitrogen and oxygen atoms in total. The van der Waals surface area contributed by atoms with Gasteiger partial charge in [-0.25, -0.2) is 0 Å². The van der Waals surface area contributed by atoms with Crippen molar-refractivity contribution in [2.75, 3.05) is 32.9 Å². The van der Waals surface area contributed by atoms with Crippen molar-refractivity contribution in [1.29, 1.82) is 0 Å². The highest BCUT2D eigenvalue weighted by Crippen LogP contribution is 2.13. The summed E-state index contributed by atoms with van der Waals surface area (Å²) < 4.78 is 17.7. The smallest absolute Gasteiger partial charge is 0.305 e. The van der Waals surface area contributed by atoms with E-state index in [9.17, 15) is 4.79 Å². The first-order chi connectivity index (χ1) is 21.2. The van der Waals surface area contributed by atoms with Crippen LogP contribution in [0.3, 0.4) is 0 Å². The Morgan fingerprint density at radius 1 is 0.465 bits per heavy atom. The molecule has 0 atom stereocenters. The third-order valence-corrected chi connectivity index (χ3v) is 8.39. The molecule has 0 aliphatic carbocycles. The Bertz CT molecular complexity index is 512. The molecule has 43 heavy (non-hydrogen) atoms. The molecule has 0 aromatic carbocycles. The van der Waals surface area contributed by atoms with E-state index < -0.39 is 0 Å². The van der Waals surface area contributed by atoms with Crippen LogP contribution in [0, 0.1) is 0 Å². The Kier molecular flexibility index (Phi) is 37.0. The van der Waals surface area contributed by atoms with Gasteiger partial charge < -0.3 is 19.5 Å². The van der Waals surface area contributed by atoms with E-state index in [0.29, 0.717) is 13.0 Å². The van der Waals surface area contributed by atoms with Crippen molar-refractivity contribution in [3.05, 3.63) is 0 Å². The normalized spacial score (nSPS) is 11.5. The molecule has 0 saturated heterocycles. The highest BCUT2D eigenvalue weighted by atomic mass is 16.7. The maximum Gasteiger partial charge on any atom is 0.305 e. The van der Waals surface area contributed by atoms with Gasteiger partial charge in [0.15, 0.2) is 6.29 Å². The zero-order chi connectivity index (χ0) is 31.3. The second-order valence-electron chi connectivity index (χ2n) is 12.8. The third-order valence-electron chi connectivity index (χ3n) is 8.39. The van der Waals surface area contributed by atoms with Crippen molar-refractivity contribution in [2.45, 2.75) is 207 Å². The Hall–Kier alpha value is -0.650. The molecule has 0 rings (SSSR count). The van der Waals surface area contributed by atoms with Crippen LogP contribution in [0.15, 0.2) is 0 Å². The molecule has 0 radical (unpaired) electrons. The lowest BCUT2D eigenvalue weighted by Crippen LogP contribution is -2.19. The van der Waals surface area contributed by atoms with E-state index >= 15 is 0 Å². The van der Waals surface area contributed by atoms with Crippen LogP contribution >= 0.6 is 0 Å². The van der Waals surface area contributed by atoms with Crippen molar-refractivity contribution in [1.82, 2.24) is 5.32 Å². The summed E-state index contributed by atoms with van der Waals surface area (Å²) in [5.41, 5.74) is 0. The van der Waals surface area contributed by atoms with Crippen molar-refractivity contribution in [3.63, 3.8) is 0 Å². The minimum atomic E-state index is -0.0126. The summed E-state index contributed by atoms with van der Waals surface area (Å²) in [5, 5.41) is 3.62. The topological polar surface area (TPSA) is 56.8 Å². The van der Waals surface area contributed by atoms with E-state index in [1.165, 1.54) is 135 Å². The molecule has 0 bridgehead atoms. The van der Waals surface area contributed by atoms with Crippen LogP contribution < -0.4 is 5.32 Å². The van der Waals surface area contributed by atoms with Crippen LogP contribution in [0.4, 0.5) is 0 Å². The van der Waals surface area contributed by atoms with E-state index in [1.54, 1.807) is 0 Å². The average Bonchev–Trinajstić information content (AvgIpc) is 3.01. The van der Waals surface area contributed by atoms with Crippen LogP contribution in [0.1, 0.15) is 201 Å². The molecular formula is C38H77NO4. The van der Waals surface area contributed by atoms with Gasteiger partial charge in [-0.05, 0) is 64.5 Å². The molecule has 0 fully saturated rings. The van der Waals surface area contributed by atoms with Gasteiger partial charge in [0.1, 0.15) is 0 Å². The number of carbonyl (C=O) groups excluding carboxylic acids is 1. The monoisotopic (exact) mass is 612 g/mol. The molecule has 0 saturated carbocycles. The lowest BCUT2D eigenvalue weighted by atomic mass is 10.1. The second kappa shape index (κ2) is 37.5. The first kappa shape index (κ1) is 42.3. The minimum Gasteiger partial charge on any atom is -0.466 e. The molecule has 1 N–H and O–H groups in total. The molecule has 0 heterocycles. The fourth-order valence-electron chi connectivity index (χ4n) is 5.46. The summed E-state index contributed by atoms with van der Waals surface area (Å²) in [7, 11) is 0. The highest BCUT2D eigenvalue weighted by Gasteiger charge is 2.09. The summed E-state index contributed by atoms with van der Waals surface area (Å²) in [5.74, 6) is -0.00437. The quantitative estimate of drug-likeness (QED) is 0.0430. The Balaban J connectivity index is 3.67. The molecule has 258 valence electrons. The van der Waals surface area contributed by atoms with Crippen molar-refractivity contribution < 1.29 is 19.0 Å². The summed E-state index contributed by atoms with van der Waals surface area (Å²) >= 11 is 0. The van der Waals surface area contributed by atoms with Crippen LogP contribution in [0.25, 0.3) is 0 Å². The molecule has 0 unspecified atom stereocenters. The third kappa shape index (κ3) is 35.7. The second-order valence-corrected chi connectivity index (χ2v) is 12.8. The van der Waals surface area contributed by atoms with Gasteiger partial charge in [-0.2, -0.15) is 0 Å². The standard InChI is InChI=1S/C38H77NO4/c1-4-7-10-13-19-27-34-41-37(40)30-23-17-16-18-25-32-39-33-26-22-24-31-38(42-35-28-20-14-11-8-5-2)43-36-29-21-15-12-9-6-3/h38-39H,4-36H2,1-3H3. The summed E-state index contributed by atoms with van der Waals surface area (Å²) in [4.78, 5) is 11.9. The molecule has 0 aromatic rings. The van der Waals surface area contributed by atoms with Gasteiger partial charge in [0.25, 0.3) is 0 Å². The van der Waals surface area contributed by atoms with E-state index in [0.717, 1.165) is 64.8 Å². The lowest BCUT2D eigenvalue weighted by Gasteiger charge is -2.19. The first-order valence-electron chi connectivity index (χ1n) is 19.3. The van der Waals surface area contributed by atoms with E-state index in [1.807, 2.05) is 0 Å². The predicted molar refractivity (Wildman–Crippen MR) is 186 cm³/mol. The maximum atomic E-state index is 11.9. The summed E-state index contributed by atoms with van der Waals surface area (Å²) in [6, 6.07) is 0. The molecule has 0 spiro atoms. The van der Waals surface area contributed by atoms with Crippen LogP contribution in [0.5, 0.6) is 0 Å². The highest BCUT2D eigenvalue weighted by molar-refractivity contribution is 5.69. The van der Waals surface area contributed by atoms with Crippen molar-refractivity contribution in [2.24, 2.45) is 0 Å². The van der Waals surface area contributed by atoms with Gasteiger partial charge in [-0.1, -0.05) is 143 Å². The first-order valence-corrected chi connectivity index (χ1v) is 19.3. The number of carbonyl (C=O) groups is 1. The van der Waals surface area contributed by atoms with Crippen molar-refractivity contribution in [3.8, 4) is 0 Å². The molecule has 0 aromatic heterocycles. The van der Waals surface area contributed by atoms with Gasteiger partial charge in [-0.15, -0.1) is 0 Å². The molecular weight excluding hydrogens is 534 g/mol. The molecule has 0 amide bonds. The van der Waals surface area contributed by atoms with Crippen LogP contribution in [0.2, 0.25) is 0 Å². The average molecular weight is 612 g/mol. The molecule has 0 aliphatic rings. The summed E-state index contributed by atoms with van der Waals surface area (Å²) in [6.45, 7) is 11.3. The number of ether oxygens (including phenoxy) is 3. The van der Waals surface area contributed by atoms with Gasteiger partial charge in [-0.3, -0.25) is 4.79 Å². The predicted octanol–water partition coefficient (Wildman–Crippen LogP) is 11.5. The van der Waals surface area contributed by atoms with Gasteiger partial charge in [0.05, 0.1) is 6.61 Å². The van der Waals surface area contributed by atoms with Crippen molar-refractivity contribution >= 4 is 5.97 Å². The van der Waals surface area contributed by atoms with E-state index in [2.05, 4.69) is 26.1 Å². The van der Waals surface area contributed by atoms with E-state index in [-0.39, 0.29) is 12.3 Å². The molecule has 0 aliphatic heterocycles. The lowest BCUT2D eigenvalue weighted by molar-refractivity contribution is -0.148. The number of esters is 1. The number of hydrogen-bond donors (Lipinski definition) is 1. The number of rotatable bonds is 37. The number of nitrogens with one attached hydrogen (secondary N) is 1. The van der Waals surface area contributed by atoms with Gasteiger partial charge in [0, 0.05) is 19.6 Å². The Labute approximate surface area is 269 Å². The zero-order valence-corrected chi connectivity index (χ0v) is 29.5. The minimum absolute atomic E-state index is 0.00437. The largest absolute Gasteiger partial charge is 0.466 e. The zero-order valence-electron chi connectivity index (χ0n) is 29.5. The summed E-state index contributed by atoms with van der Waals surface area (Å²) in [6.07, 6.45) is 34.0. The van der Waals surface area contributed by atoms with Crippen LogP contribution in [-0.2, 0) is 19.0 Å². The Morgan fingerprint density at radius 3 is 1.37 bits per heavy atom. The molecule has 5 heteroatoms. The fraction of sp³-hybridized carbons (Fsp3) is 0.974.